The summed E-state index contributed by atoms with van der Waals surface area (Å²) >= 11 is 0. The van der Waals surface area contributed by atoms with Crippen LogP contribution in [0.4, 0.5) is 0 Å². The van der Waals surface area contributed by atoms with Crippen LogP contribution in [0.3, 0.4) is 0 Å². The van der Waals surface area contributed by atoms with Crippen LogP contribution < -0.4 is 0 Å². The highest BCUT2D eigenvalue weighted by Gasteiger charge is 2.52. The van der Waals surface area contributed by atoms with Crippen molar-refractivity contribution in [2.24, 2.45) is 11.8 Å². The van der Waals surface area contributed by atoms with Gasteiger partial charge in [0.05, 0.1) is 13.1 Å². The summed E-state index contributed by atoms with van der Waals surface area (Å²) in [5.74, 6) is 0.959. The molecule has 1 saturated carbocycles. The lowest BCUT2D eigenvalue weighted by molar-refractivity contribution is -0.165. The third-order valence-electron chi connectivity index (χ3n) is 4.65. The summed E-state index contributed by atoms with van der Waals surface area (Å²) in [6.45, 7) is 5.01. The first-order chi connectivity index (χ1) is 9.01. The van der Waals surface area contributed by atoms with E-state index < -0.39 is 5.60 Å². The van der Waals surface area contributed by atoms with Crippen LogP contribution in [0.1, 0.15) is 31.7 Å². The minimum atomic E-state index is -0.660. The maximum atomic E-state index is 12.3. The highest BCUT2D eigenvalue weighted by molar-refractivity contribution is 5.84. The first kappa shape index (κ1) is 12.7. The van der Waals surface area contributed by atoms with Crippen molar-refractivity contribution in [3.05, 3.63) is 35.9 Å². The van der Waals surface area contributed by atoms with E-state index in [0.717, 1.165) is 6.42 Å². The zero-order chi connectivity index (χ0) is 13.6. The molecule has 2 aliphatic rings. The summed E-state index contributed by atoms with van der Waals surface area (Å²) in [7, 11) is 0. The Bertz CT molecular complexity index is 477. The molecule has 1 aliphatic carbocycles. The zero-order valence-corrected chi connectivity index (χ0v) is 11.5. The lowest BCUT2D eigenvalue weighted by atomic mass is 9.82. The van der Waals surface area contributed by atoms with Crippen molar-refractivity contribution in [1.29, 1.82) is 0 Å². The molecule has 0 radical (unpaired) electrons. The number of hydrogen-bond acceptors (Lipinski definition) is 2. The van der Waals surface area contributed by atoms with E-state index in [9.17, 15) is 9.90 Å². The van der Waals surface area contributed by atoms with Gasteiger partial charge in [-0.1, -0.05) is 44.2 Å². The van der Waals surface area contributed by atoms with Gasteiger partial charge in [-0.2, -0.15) is 0 Å². The van der Waals surface area contributed by atoms with E-state index in [1.807, 2.05) is 36.9 Å². The molecule has 1 aliphatic heterocycles. The van der Waals surface area contributed by atoms with Crippen LogP contribution in [0.5, 0.6) is 0 Å². The van der Waals surface area contributed by atoms with Gasteiger partial charge in [-0.25, -0.2) is 0 Å². The summed E-state index contributed by atoms with van der Waals surface area (Å²) < 4.78 is 0. The SMILES string of the molecule is CC(C)C1(O)CN(C(=O)C2CC2c2ccccc2)C1. The van der Waals surface area contributed by atoms with Gasteiger partial charge in [-0.05, 0) is 23.8 Å². The predicted molar refractivity (Wildman–Crippen MR) is 73.7 cm³/mol. The molecule has 1 amide bonds. The third-order valence-corrected chi connectivity index (χ3v) is 4.65. The first-order valence-corrected chi connectivity index (χ1v) is 7.07. The maximum Gasteiger partial charge on any atom is 0.226 e. The molecule has 2 fully saturated rings. The number of nitrogens with zero attached hydrogens (tertiary/aromatic N) is 1. The topological polar surface area (TPSA) is 40.5 Å². The minimum Gasteiger partial charge on any atom is -0.386 e. The zero-order valence-electron chi connectivity index (χ0n) is 11.5. The average molecular weight is 259 g/mol. The fraction of sp³-hybridized carbons (Fsp3) is 0.562. The molecule has 19 heavy (non-hydrogen) atoms. The molecular weight excluding hydrogens is 238 g/mol. The molecule has 1 saturated heterocycles. The van der Waals surface area contributed by atoms with Gasteiger partial charge in [0.25, 0.3) is 0 Å². The monoisotopic (exact) mass is 259 g/mol. The Labute approximate surface area is 114 Å². The third kappa shape index (κ3) is 2.16. The second-order valence-electron chi connectivity index (χ2n) is 6.31. The normalized spacial score (nSPS) is 28.1. The molecular formula is C16H21NO2. The Hall–Kier alpha value is -1.35. The maximum absolute atomic E-state index is 12.3. The summed E-state index contributed by atoms with van der Waals surface area (Å²) in [4.78, 5) is 14.1. The Morgan fingerprint density at radius 3 is 2.53 bits per heavy atom. The number of benzene rings is 1. The van der Waals surface area contributed by atoms with E-state index in [1.165, 1.54) is 5.56 Å². The fourth-order valence-electron chi connectivity index (χ4n) is 2.91. The second-order valence-corrected chi connectivity index (χ2v) is 6.31. The fourth-order valence-corrected chi connectivity index (χ4v) is 2.91. The molecule has 1 aromatic carbocycles. The molecule has 0 bridgehead atoms. The van der Waals surface area contributed by atoms with Crippen molar-refractivity contribution in [1.82, 2.24) is 4.90 Å². The number of rotatable bonds is 3. The molecule has 3 nitrogen and oxygen atoms in total. The number of carbonyl (C=O) groups excluding carboxylic acids is 1. The first-order valence-electron chi connectivity index (χ1n) is 7.07. The second kappa shape index (κ2) is 4.34. The van der Waals surface area contributed by atoms with Gasteiger partial charge in [-0.15, -0.1) is 0 Å². The molecule has 0 spiro atoms. The standard InChI is InChI=1S/C16H21NO2/c1-11(2)16(19)9-17(10-16)15(18)14-8-13(14)12-6-4-3-5-7-12/h3-7,11,13-14,19H,8-10H2,1-2H3. The van der Waals surface area contributed by atoms with Crippen molar-refractivity contribution in [3.8, 4) is 0 Å². The molecule has 1 heterocycles. The van der Waals surface area contributed by atoms with Crippen LogP contribution >= 0.6 is 0 Å². The summed E-state index contributed by atoms with van der Waals surface area (Å²) in [6, 6.07) is 10.2. The molecule has 1 aromatic rings. The number of carbonyl (C=O) groups is 1. The minimum absolute atomic E-state index is 0.138. The van der Waals surface area contributed by atoms with Gasteiger partial charge in [0.2, 0.25) is 5.91 Å². The average Bonchev–Trinajstić information content (AvgIpc) is 3.15. The lowest BCUT2D eigenvalue weighted by Gasteiger charge is -2.49. The van der Waals surface area contributed by atoms with Gasteiger partial charge in [0.15, 0.2) is 0 Å². The molecule has 2 unspecified atom stereocenters. The van der Waals surface area contributed by atoms with Crippen LogP contribution in [0, 0.1) is 11.8 Å². The van der Waals surface area contributed by atoms with E-state index in [0.29, 0.717) is 19.0 Å². The van der Waals surface area contributed by atoms with Crippen molar-refractivity contribution >= 4 is 5.91 Å². The van der Waals surface area contributed by atoms with Crippen LogP contribution in [0.15, 0.2) is 30.3 Å². The van der Waals surface area contributed by atoms with E-state index in [-0.39, 0.29) is 17.7 Å². The van der Waals surface area contributed by atoms with Gasteiger partial charge in [-0.3, -0.25) is 4.79 Å². The Morgan fingerprint density at radius 2 is 1.95 bits per heavy atom. The summed E-state index contributed by atoms with van der Waals surface area (Å²) in [5, 5.41) is 10.2. The number of likely N-dealkylation sites (tertiary alicyclic amines) is 1. The van der Waals surface area contributed by atoms with E-state index in [2.05, 4.69) is 12.1 Å². The molecule has 102 valence electrons. The molecule has 3 heteroatoms. The smallest absolute Gasteiger partial charge is 0.226 e. The van der Waals surface area contributed by atoms with Crippen LogP contribution in [0.25, 0.3) is 0 Å². The highest BCUT2D eigenvalue weighted by Crippen LogP contribution is 2.49. The largest absolute Gasteiger partial charge is 0.386 e. The lowest BCUT2D eigenvalue weighted by Crippen LogP contribution is -2.66. The number of amides is 1. The molecule has 0 aromatic heterocycles. The predicted octanol–water partition coefficient (Wildman–Crippen LogP) is 2.02. The van der Waals surface area contributed by atoms with Gasteiger partial charge in [0.1, 0.15) is 5.60 Å². The van der Waals surface area contributed by atoms with Gasteiger partial charge >= 0.3 is 0 Å². The van der Waals surface area contributed by atoms with Crippen LogP contribution in [-0.4, -0.2) is 34.6 Å². The number of aliphatic hydroxyl groups is 1. The molecule has 1 N–H and O–H groups in total. The van der Waals surface area contributed by atoms with Gasteiger partial charge < -0.3 is 10.0 Å². The Balaban J connectivity index is 1.58. The summed E-state index contributed by atoms with van der Waals surface area (Å²) in [5.41, 5.74) is 0.604. The van der Waals surface area contributed by atoms with Crippen molar-refractivity contribution in [2.45, 2.75) is 31.8 Å². The van der Waals surface area contributed by atoms with E-state index in [1.54, 1.807) is 0 Å². The van der Waals surface area contributed by atoms with Crippen molar-refractivity contribution < 1.29 is 9.90 Å². The number of β-amino-alcohol motifs (C(OH)–C–C–N with tert-alkyl or cyclic N) is 1. The summed E-state index contributed by atoms with van der Waals surface area (Å²) in [6.07, 6.45) is 0.958. The van der Waals surface area contributed by atoms with E-state index >= 15 is 0 Å². The van der Waals surface area contributed by atoms with Crippen molar-refractivity contribution in [2.75, 3.05) is 13.1 Å². The quantitative estimate of drug-likeness (QED) is 0.902. The number of hydrogen-bond donors (Lipinski definition) is 1. The Morgan fingerprint density at radius 1 is 1.32 bits per heavy atom. The van der Waals surface area contributed by atoms with Crippen LogP contribution in [0.2, 0.25) is 0 Å². The molecule has 3 rings (SSSR count). The highest BCUT2D eigenvalue weighted by atomic mass is 16.3. The molecule has 2 atom stereocenters. The van der Waals surface area contributed by atoms with E-state index in [4.69, 9.17) is 0 Å². The van der Waals surface area contributed by atoms with Gasteiger partial charge in [0, 0.05) is 5.92 Å². The van der Waals surface area contributed by atoms with Crippen LogP contribution in [-0.2, 0) is 4.79 Å². The van der Waals surface area contributed by atoms with Crippen molar-refractivity contribution in [3.63, 3.8) is 0 Å². The Kier molecular flexibility index (Phi) is 2.90.